The molecule has 0 aliphatic carbocycles. The molecule has 3 rings (SSSR count). The van der Waals surface area contributed by atoms with E-state index in [2.05, 4.69) is 40.2 Å². The van der Waals surface area contributed by atoms with E-state index in [4.69, 9.17) is 0 Å². The summed E-state index contributed by atoms with van der Waals surface area (Å²) in [4.78, 5) is 0. The first-order valence-corrected chi connectivity index (χ1v) is 8.39. The van der Waals surface area contributed by atoms with Gasteiger partial charge in [-0.05, 0) is 0 Å². The van der Waals surface area contributed by atoms with Crippen molar-refractivity contribution in [1.29, 1.82) is 0 Å². The maximum absolute atomic E-state index is 10.2. The first-order valence-electron chi connectivity index (χ1n) is 5.88. The van der Waals surface area contributed by atoms with Crippen LogP contribution in [0.15, 0.2) is 65.1 Å². The molecular formula is C16H11BrOSe. The molecule has 0 unspecified atom stereocenters. The molecule has 0 radical (unpaired) electrons. The van der Waals surface area contributed by atoms with Gasteiger partial charge >= 0.3 is 127 Å². The van der Waals surface area contributed by atoms with Crippen molar-refractivity contribution in [3.05, 3.63) is 65.1 Å². The molecule has 1 N–H and O–H groups in total. The predicted octanol–water partition coefficient (Wildman–Crippen LogP) is 2.96. The predicted molar refractivity (Wildman–Crippen MR) is 84.8 cm³/mol. The van der Waals surface area contributed by atoms with Gasteiger partial charge in [0.1, 0.15) is 0 Å². The Kier molecular flexibility index (Phi) is 3.60. The maximum atomic E-state index is 10.2. The van der Waals surface area contributed by atoms with E-state index in [-0.39, 0.29) is 15.0 Å². The van der Waals surface area contributed by atoms with E-state index in [9.17, 15) is 5.11 Å². The molecule has 0 atom stereocenters. The summed E-state index contributed by atoms with van der Waals surface area (Å²) in [5, 5.41) is 12.4. The van der Waals surface area contributed by atoms with E-state index in [1.807, 2.05) is 30.3 Å². The SMILES string of the molecule is Oc1ccc2ccc(Br)cc2c1[Se]c1ccccc1. The van der Waals surface area contributed by atoms with Gasteiger partial charge in [0.25, 0.3) is 0 Å². The van der Waals surface area contributed by atoms with Crippen LogP contribution in [0.25, 0.3) is 10.8 Å². The fourth-order valence-electron chi connectivity index (χ4n) is 1.97. The monoisotopic (exact) mass is 378 g/mol. The zero-order valence-corrected chi connectivity index (χ0v) is 13.3. The Hall–Kier alpha value is -1.28. The van der Waals surface area contributed by atoms with Gasteiger partial charge in [-0.2, -0.15) is 0 Å². The first kappa shape index (κ1) is 12.7. The number of rotatable bonds is 2. The Morgan fingerprint density at radius 1 is 0.895 bits per heavy atom. The molecule has 1 nitrogen and oxygen atoms in total. The molecule has 19 heavy (non-hydrogen) atoms. The second-order valence-electron chi connectivity index (χ2n) is 4.19. The number of fused-ring (bicyclic) bond motifs is 1. The van der Waals surface area contributed by atoms with E-state index >= 15 is 0 Å². The summed E-state index contributed by atoms with van der Waals surface area (Å²) >= 11 is 3.60. The Morgan fingerprint density at radius 3 is 2.42 bits per heavy atom. The van der Waals surface area contributed by atoms with E-state index < -0.39 is 0 Å². The number of halogens is 1. The van der Waals surface area contributed by atoms with E-state index in [0.29, 0.717) is 5.75 Å². The summed E-state index contributed by atoms with van der Waals surface area (Å²) in [7, 11) is 0. The molecule has 0 spiro atoms. The molecule has 0 aromatic heterocycles. The summed E-state index contributed by atoms with van der Waals surface area (Å²) in [5.41, 5.74) is 0. The first-order chi connectivity index (χ1) is 9.24. The summed E-state index contributed by atoms with van der Waals surface area (Å²) in [6.07, 6.45) is 0. The standard InChI is InChI=1S/C16H11BrOSe/c17-12-8-6-11-7-9-15(18)16(14(11)10-12)19-13-4-2-1-3-5-13/h1-10,18H. The molecule has 3 aromatic carbocycles. The quantitative estimate of drug-likeness (QED) is 0.680. The van der Waals surface area contributed by atoms with Gasteiger partial charge in [0, 0.05) is 0 Å². The average molecular weight is 378 g/mol. The number of phenolic OH excluding ortho intramolecular Hbond substituents is 1. The third kappa shape index (κ3) is 2.69. The van der Waals surface area contributed by atoms with Crippen LogP contribution < -0.4 is 8.92 Å². The van der Waals surface area contributed by atoms with Crippen molar-refractivity contribution in [3.8, 4) is 5.75 Å². The molecule has 0 saturated heterocycles. The van der Waals surface area contributed by atoms with E-state index in [0.717, 1.165) is 19.7 Å². The van der Waals surface area contributed by atoms with Crippen LogP contribution in [-0.4, -0.2) is 20.1 Å². The van der Waals surface area contributed by atoms with Gasteiger partial charge in [0.05, 0.1) is 0 Å². The van der Waals surface area contributed by atoms with Gasteiger partial charge < -0.3 is 0 Å². The van der Waals surface area contributed by atoms with Crippen molar-refractivity contribution >= 4 is 50.6 Å². The van der Waals surface area contributed by atoms with Crippen molar-refractivity contribution in [2.45, 2.75) is 0 Å². The minimum absolute atomic E-state index is 0.103. The van der Waals surface area contributed by atoms with Crippen LogP contribution in [0.5, 0.6) is 5.75 Å². The number of benzene rings is 3. The Morgan fingerprint density at radius 2 is 1.63 bits per heavy atom. The Labute approximate surface area is 126 Å². The van der Waals surface area contributed by atoms with Crippen LogP contribution >= 0.6 is 15.9 Å². The number of hydrogen-bond donors (Lipinski definition) is 1. The zero-order valence-electron chi connectivity index (χ0n) is 10.0. The van der Waals surface area contributed by atoms with Crippen molar-refractivity contribution in [3.63, 3.8) is 0 Å². The summed E-state index contributed by atoms with van der Waals surface area (Å²) in [5.74, 6) is 0.384. The fraction of sp³-hybridized carbons (Fsp3) is 0. The molecule has 3 heteroatoms. The Balaban J connectivity index is 2.16. The normalized spacial score (nSPS) is 10.8. The topological polar surface area (TPSA) is 20.2 Å². The van der Waals surface area contributed by atoms with Gasteiger partial charge in [-0.3, -0.25) is 0 Å². The molecule has 0 fully saturated rings. The molecule has 0 aliphatic rings. The summed E-state index contributed by atoms with van der Waals surface area (Å²) in [6.45, 7) is 0. The molecular weight excluding hydrogens is 367 g/mol. The van der Waals surface area contributed by atoms with Crippen molar-refractivity contribution in [2.75, 3.05) is 0 Å². The molecule has 0 saturated carbocycles. The number of phenols is 1. The van der Waals surface area contributed by atoms with Crippen molar-refractivity contribution in [2.24, 2.45) is 0 Å². The van der Waals surface area contributed by atoms with E-state index in [1.165, 1.54) is 4.46 Å². The summed E-state index contributed by atoms with van der Waals surface area (Å²) < 4.78 is 3.34. The van der Waals surface area contributed by atoms with Gasteiger partial charge in [0.15, 0.2) is 0 Å². The second kappa shape index (κ2) is 5.38. The van der Waals surface area contributed by atoms with Crippen LogP contribution in [0, 0.1) is 0 Å². The van der Waals surface area contributed by atoms with Gasteiger partial charge in [-0.25, -0.2) is 0 Å². The molecule has 94 valence electrons. The van der Waals surface area contributed by atoms with Crippen LogP contribution in [-0.2, 0) is 0 Å². The molecule has 0 heterocycles. The number of hydrogen-bond acceptors (Lipinski definition) is 1. The fourth-order valence-corrected chi connectivity index (χ4v) is 4.40. The van der Waals surface area contributed by atoms with Crippen LogP contribution in [0.2, 0.25) is 0 Å². The van der Waals surface area contributed by atoms with Gasteiger partial charge in [-0.15, -0.1) is 0 Å². The summed E-state index contributed by atoms with van der Waals surface area (Å²) in [6, 6.07) is 20.2. The van der Waals surface area contributed by atoms with Crippen LogP contribution in [0.4, 0.5) is 0 Å². The molecule has 0 bridgehead atoms. The van der Waals surface area contributed by atoms with Gasteiger partial charge in [0.2, 0.25) is 0 Å². The average Bonchev–Trinajstić information content (AvgIpc) is 2.43. The molecule has 0 aliphatic heterocycles. The molecule has 3 aromatic rings. The molecule has 0 amide bonds. The minimum atomic E-state index is 0.103. The van der Waals surface area contributed by atoms with E-state index in [1.54, 1.807) is 6.07 Å². The third-order valence-electron chi connectivity index (χ3n) is 2.88. The zero-order chi connectivity index (χ0) is 13.2. The van der Waals surface area contributed by atoms with Gasteiger partial charge in [-0.1, -0.05) is 0 Å². The Bertz CT molecular complexity index is 720. The second-order valence-corrected chi connectivity index (χ2v) is 7.38. The third-order valence-corrected chi connectivity index (χ3v) is 5.76. The van der Waals surface area contributed by atoms with Crippen molar-refractivity contribution < 1.29 is 5.11 Å². The van der Waals surface area contributed by atoms with Crippen LogP contribution in [0.3, 0.4) is 0 Å². The van der Waals surface area contributed by atoms with Crippen molar-refractivity contribution in [1.82, 2.24) is 0 Å². The number of aromatic hydroxyl groups is 1. The van der Waals surface area contributed by atoms with Crippen LogP contribution in [0.1, 0.15) is 0 Å².